The van der Waals surface area contributed by atoms with E-state index in [0.717, 1.165) is 18.8 Å². The Balaban J connectivity index is 1.64. The fraction of sp³-hybridized carbons (Fsp3) is 0.500. The van der Waals surface area contributed by atoms with E-state index in [0.29, 0.717) is 18.3 Å². The van der Waals surface area contributed by atoms with Crippen LogP contribution in [-0.4, -0.2) is 54.8 Å². The van der Waals surface area contributed by atoms with Crippen LogP contribution < -0.4 is 10.6 Å². The van der Waals surface area contributed by atoms with Crippen molar-refractivity contribution in [2.45, 2.75) is 6.42 Å². The van der Waals surface area contributed by atoms with Gasteiger partial charge in [0, 0.05) is 25.3 Å². The first kappa shape index (κ1) is 16.6. The first-order chi connectivity index (χ1) is 10.2. The second-order valence-corrected chi connectivity index (χ2v) is 7.49. The average molecular weight is 326 g/mol. The molecule has 0 bridgehead atoms. The highest BCUT2D eigenvalue weighted by atomic mass is 32.1. The average Bonchev–Trinajstić information content (AvgIpc) is 2.47. The summed E-state index contributed by atoms with van der Waals surface area (Å²) in [5.74, 6) is 0. The first-order valence-electron chi connectivity index (χ1n) is 7.12. The summed E-state index contributed by atoms with van der Waals surface area (Å²) in [7, 11) is 3.63. The van der Waals surface area contributed by atoms with Gasteiger partial charge in [-0.05, 0) is 44.9 Å². The Hall–Kier alpha value is -0.780. The lowest BCUT2D eigenvalue weighted by molar-refractivity contribution is 0.256. The standard InChI is InChI=1S/C14H23N4OPS/c1-17-10-6-11-18(2)20(17)19-12-9-15-14(21)16-13-7-4-3-5-8-13/h3-5,7-8H,6,9-12H2,1-2H3,(H2,15,16,21). The van der Waals surface area contributed by atoms with Gasteiger partial charge in [0.1, 0.15) is 0 Å². The van der Waals surface area contributed by atoms with Crippen LogP contribution in [-0.2, 0) is 4.52 Å². The molecule has 0 aromatic heterocycles. The van der Waals surface area contributed by atoms with Crippen LogP contribution in [0.4, 0.5) is 5.69 Å². The topological polar surface area (TPSA) is 39.8 Å². The summed E-state index contributed by atoms with van der Waals surface area (Å²) < 4.78 is 10.6. The smallest absolute Gasteiger partial charge is 0.187 e. The highest BCUT2D eigenvalue weighted by Gasteiger charge is 2.25. The predicted molar refractivity (Wildman–Crippen MR) is 93.4 cm³/mol. The third-order valence-electron chi connectivity index (χ3n) is 3.17. The highest BCUT2D eigenvalue weighted by molar-refractivity contribution is 7.80. The molecule has 1 fully saturated rings. The molecule has 21 heavy (non-hydrogen) atoms. The molecule has 2 rings (SSSR count). The van der Waals surface area contributed by atoms with Crippen LogP contribution in [0.2, 0.25) is 0 Å². The highest BCUT2D eigenvalue weighted by Crippen LogP contribution is 2.45. The molecule has 0 radical (unpaired) electrons. The molecule has 0 unspecified atom stereocenters. The van der Waals surface area contributed by atoms with Gasteiger partial charge in [-0.15, -0.1) is 0 Å². The SMILES string of the molecule is CN1CCCN(C)P1OCCNC(=S)Nc1ccccc1. The van der Waals surface area contributed by atoms with E-state index in [9.17, 15) is 0 Å². The van der Waals surface area contributed by atoms with Crippen molar-refractivity contribution in [3.05, 3.63) is 30.3 Å². The second-order valence-electron chi connectivity index (χ2n) is 4.95. The minimum absolute atomic E-state index is 0.610. The lowest BCUT2D eigenvalue weighted by Crippen LogP contribution is -2.35. The summed E-state index contributed by atoms with van der Waals surface area (Å²) in [4.78, 5) is 0. The minimum Gasteiger partial charge on any atom is -0.360 e. The molecule has 0 saturated carbocycles. The van der Waals surface area contributed by atoms with Crippen molar-refractivity contribution in [3.8, 4) is 0 Å². The van der Waals surface area contributed by atoms with Crippen molar-refractivity contribution in [1.29, 1.82) is 0 Å². The van der Waals surface area contributed by atoms with Gasteiger partial charge in [0.25, 0.3) is 0 Å². The lowest BCUT2D eigenvalue weighted by Gasteiger charge is -2.38. The summed E-state index contributed by atoms with van der Waals surface area (Å²) in [6, 6.07) is 9.91. The van der Waals surface area contributed by atoms with Gasteiger partial charge >= 0.3 is 0 Å². The molecular weight excluding hydrogens is 303 g/mol. The molecule has 7 heteroatoms. The Kier molecular flexibility index (Phi) is 6.80. The van der Waals surface area contributed by atoms with Crippen LogP contribution >= 0.6 is 20.7 Å². The fourth-order valence-electron chi connectivity index (χ4n) is 2.15. The van der Waals surface area contributed by atoms with E-state index < -0.39 is 8.45 Å². The van der Waals surface area contributed by atoms with Gasteiger partial charge in [0.15, 0.2) is 13.6 Å². The van der Waals surface area contributed by atoms with E-state index in [1.807, 2.05) is 30.3 Å². The van der Waals surface area contributed by atoms with Gasteiger partial charge in [-0.3, -0.25) is 9.34 Å². The molecule has 1 heterocycles. The van der Waals surface area contributed by atoms with Crippen molar-refractivity contribution < 1.29 is 4.52 Å². The molecule has 1 aromatic rings. The molecule has 2 N–H and O–H groups in total. The molecule has 1 aromatic carbocycles. The first-order valence-corrected chi connectivity index (χ1v) is 8.69. The van der Waals surface area contributed by atoms with E-state index in [1.165, 1.54) is 6.42 Å². The molecule has 116 valence electrons. The third-order valence-corrected chi connectivity index (χ3v) is 5.40. The summed E-state index contributed by atoms with van der Waals surface area (Å²) in [5.41, 5.74) is 0.993. The van der Waals surface area contributed by atoms with E-state index in [2.05, 4.69) is 34.1 Å². The normalized spacial score (nSPS) is 17.6. The molecule has 0 atom stereocenters. The largest absolute Gasteiger partial charge is 0.360 e. The number of benzene rings is 1. The van der Waals surface area contributed by atoms with E-state index in [1.54, 1.807) is 0 Å². The molecule has 0 amide bonds. The summed E-state index contributed by atoms with van der Waals surface area (Å²) in [6.07, 6.45) is 1.21. The fourth-order valence-corrected chi connectivity index (χ4v) is 4.16. The molecule has 5 nitrogen and oxygen atoms in total. The number of nitrogens with zero attached hydrogens (tertiary/aromatic N) is 2. The Bertz CT molecular complexity index is 438. The number of hydrogen-bond acceptors (Lipinski definition) is 4. The van der Waals surface area contributed by atoms with Crippen molar-refractivity contribution in [3.63, 3.8) is 0 Å². The Labute approximate surface area is 133 Å². The van der Waals surface area contributed by atoms with Crippen LogP contribution in [0, 0.1) is 0 Å². The number of hydrogen-bond donors (Lipinski definition) is 2. The Morgan fingerprint density at radius 3 is 2.57 bits per heavy atom. The molecular formula is C14H23N4OPS. The van der Waals surface area contributed by atoms with Crippen LogP contribution in [0.15, 0.2) is 30.3 Å². The molecule has 0 spiro atoms. The lowest BCUT2D eigenvalue weighted by atomic mass is 10.3. The number of rotatable bonds is 5. The minimum atomic E-state index is -0.610. The van der Waals surface area contributed by atoms with Gasteiger partial charge in [0.2, 0.25) is 0 Å². The van der Waals surface area contributed by atoms with Gasteiger partial charge in [-0.1, -0.05) is 18.2 Å². The monoisotopic (exact) mass is 326 g/mol. The maximum atomic E-state index is 5.97. The maximum absolute atomic E-state index is 5.97. The van der Waals surface area contributed by atoms with Crippen LogP contribution in [0.25, 0.3) is 0 Å². The van der Waals surface area contributed by atoms with Gasteiger partial charge in [0.05, 0.1) is 6.61 Å². The van der Waals surface area contributed by atoms with Crippen molar-refractivity contribution in [1.82, 2.24) is 14.7 Å². The van der Waals surface area contributed by atoms with Gasteiger partial charge < -0.3 is 15.2 Å². The molecule has 1 aliphatic rings. The Morgan fingerprint density at radius 1 is 1.24 bits per heavy atom. The van der Waals surface area contributed by atoms with E-state index >= 15 is 0 Å². The van der Waals surface area contributed by atoms with E-state index in [-0.39, 0.29) is 0 Å². The zero-order valence-electron chi connectivity index (χ0n) is 12.6. The molecule has 1 saturated heterocycles. The summed E-state index contributed by atoms with van der Waals surface area (Å²) in [6.45, 7) is 3.57. The van der Waals surface area contributed by atoms with Crippen molar-refractivity contribution in [2.75, 3.05) is 45.7 Å². The molecule has 1 aliphatic heterocycles. The molecule has 0 aliphatic carbocycles. The zero-order valence-corrected chi connectivity index (χ0v) is 14.3. The van der Waals surface area contributed by atoms with Crippen molar-refractivity contribution >= 4 is 31.5 Å². The zero-order chi connectivity index (χ0) is 15.1. The number of para-hydroxylation sites is 1. The van der Waals surface area contributed by atoms with Gasteiger partial charge in [-0.25, -0.2) is 0 Å². The van der Waals surface area contributed by atoms with Gasteiger partial charge in [-0.2, -0.15) is 0 Å². The second kappa shape index (κ2) is 8.61. The van der Waals surface area contributed by atoms with Crippen molar-refractivity contribution in [2.24, 2.45) is 0 Å². The number of thiocarbonyl (C=S) groups is 1. The maximum Gasteiger partial charge on any atom is 0.187 e. The predicted octanol–water partition coefficient (Wildman–Crippen LogP) is 2.48. The quantitative estimate of drug-likeness (QED) is 0.492. The summed E-state index contributed by atoms with van der Waals surface area (Å²) >= 11 is 5.26. The van der Waals surface area contributed by atoms with Crippen LogP contribution in [0.3, 0.4) is 0 Å². The Morgan fingerprint density at radius 2 is 1.90 bits per heavy atom. The van der Waals surface area contributed by atoms with Crippen LogP contribution in [0.5, 0.6) is 0 Å². The van der Waals surface area contributed by atoms with Crippen LogP contribution in [0.1, 0.15) is 6.42 Å². The summed E-state index contributed by atoms with van der Waals surface area (Å²) in [5, 5.41) is 6.94. The third kappa shape index (κ3) is 5.49. The number of nitrogens with one attached hydrogen (secondary N) is 2. The van der Waals surface area contributed by atoms with E-state index in [4.69, 9.17) is 16.7 Å². The number of anilines is 1.